The summed E-state index contributed by atoms with van der Waals surface area (Å²) in [6.07, 6.45) is 4.02. The van der Waals surface area contributed by atoms with Crippen molar-refractivity contribution in [3.63, 3.8) is 0 Å². The summed E-state index contributed by atoms with van der Waals surface area (Å²) in [7, 11) is 0. The molecule has 0 amide bonds. The van der Waals surface area contributed by atoms with Gasteiger partial charge in [0.25, 0.3) is 0 Å². The Morgan fingerprint density at radius 3 is 2.05 bits per heavy atom. The van der Waals surface area contributed by atoms with Gasteiger partial charge in [0.1, 0.15) is 23.1 Å². The zero-order valence-corrected chi connectivity index (χ0v) is 23.3. The summed E-state index contributed by atoms with van der Waals surface area (Å²) in [6, 6.07) is 23.3. The lowest BCUT2D eigenvalue weighted by Gasteiger charge is -2.17. The second-order valence-corrected chi connectivity index (χ2v) is 9.61. The predicted molar refractivity (Wildman–Crippen MR) is 155 cm³/mol. The van der Waals surface area contributed by atoms with Crippen LogP contribution in [0.2, 0.25) is 5.02 Å². The minimum absolute atomic E-state index is 0.683. The van der Waals surface area contributed by atoms with Gasteiger partial charge in [0.15, 0.2) is 5.82 Å². The van der Waals surface area contributed by atoms with Crippen molar-refractivity contribution in [1.82, 2.24) is 19.7 Å². The maximum absolute atomic E-state index is 5.97. The van der Waals surface area contributed by atoms with Crippen molar-refractivity contribution in [2.75, 3.05) is 26.2 Å². The molecule has 3 aromatic carbocycles. The molecule has 0 aliphatic carbocycles. The SMILES string of the molecule is CCCCc1nc(-c2ccc(OCCCN(CC)CC)cc2)nn1-c1ccc(Oc2ccc(Cl)cc2)cc1. The topological polar surface area (TPSA) is 52.4 Å². The van der Waals surface area contributed by atoms with Gasteiger partial charge in [0, 0.05) is 23.6 Å². The van der Waals surface area contributed by atoms with Gasteiger partial charge in [-0.1, -0.05) is 38.8 Å². The number of benzene rings is 3. The highest BCUT2D eigenvalue weighted by Crippen LogP contribution is 2.26. The van der Waals surface area contributed by atoms with Crippen LogP contribution in [0.25, 0.3) is 17.1 Å². The lowest BCUT2D eigenvalue weighted by atomic mass is 10.2. The molecule has 0 radical (unpaired) electrons. The van der Waals surface area contributed by atoms with E-state index in [1.165, 1.54) is 0 Å². The number of aryl methyl sites for hydroxylation is 1. The number of nitrogens with zero attached hydrogens (tertiary/aromatic N) is 4. The third-order valence-electron chi connectivity index (χ3n) is 6.45. The number of aromatic nitrogens is 3. The molecule has 4 aromatic rings. The summed E-state index contributed by atoms with van der Waals surface area (Å²) in [5.41, 5.74) is 1.92. The van der Waals surface area contributed by atoms with Gasteiger partial charge in [-0.2, -0.15) is 0 Å². The molecule has 0 unspecified atom stereocenters. The Hall–Kier alpha value is -3.35. The Labute approximate surface area is 231 Å². The van der Waals surface area contributed by atoms with E-state index < -0.39 is 0 Å². The molecule has 0 fully saturated rings. The highest BCUT2D eigenvalue weighted by atomic mass is 35.5. The molecule has 0 saturated heterocycles. The summed E-state index contributed by atoms with van der Waals surface area (Å²) < 4.78 is 13.8. The fourth-order valence-electron chi connectivity index (χ4n) is 4.18. The molecule has 0 aliphatic rings. The van der Waals surface area contributed by atoms with E-state index in [4.69, 9.17) is 31.2 Å². The van der Waals surface area contributed by atoms with Crippen molar-refractivity contribution in [3.05, 3.63) is 83.6 Å². The van der Waals surface area contributed by atoms with E-state index in [1.54, 1.807) is 0 Å². The second kappa shape index (κ2) is 14.0. The summed E-state index contributed by atoms with van der Waals surface area (Å²) >= 11 is 5.97. The first-order chi connectivity index (χ1) is 18.6. The van der Waals surface area contributed by atoms with Gasteiger partial charge in [0.05, 0.1) is 12.3 Å². The van der Waals surface area contributed by atoms with Crippen molar-refractivity contribution in [1.29, 1.82) is 0 Å². The first-order valence-corrected chi connectivity index (χ1v) is 13.9. The van der Waals surface area contributed by atoms with Gasteiger partial charge in [0.2, 0.25) is 0 Å². The van der Waals surface area contributed by atoms with Crippen LogP contribution in [0.5, 0.6) is 17.2 Å². The molecule has 4 rings (SSSR count). The number of halogens is 1. The van der Waals surface area contributed by atoms with Crippen LogP contribution in [0, 0.1) is 0 Å². The third-order valence-corrected chi connectivity index (χ3v) is 6.71. The average molecular weight is 533 g/mol. The Balaban J connectivity index is 1.45. The van der Waals surface area contributed by atoms with Gasteiger partial charge in [-0.3, -0.25) is 0 Å². The molecule has 0 aliphatic heterocycles. The molecule has 1 heterocycles. The van der Waals surface area contributed by atoms with Crippen LogP contribution in [0.15, 0.2) is 72.8 Å². The monoisotopic (exact) mass is 532 g/mol. The lowest BCUT2D eigenvalue weighted by Crippen LogP contribution is -2.25. The number of unbranched alkanes of at least 4 members (excludes halogenated alkanes) is 1. The Morgan fingerprint density at radius 2 is 1.42 bits per heavy atom. The molecule has 0 spiro atoms. The maximum Gasteiger partial charge on any atom is 0.181 e. The molecule has 0 atom stereocenters. The second-order valence-electron chi connectivity index (χ2n) is 9.17. The van der Waals surface area contributed by atoms with Gasteiger partial charge in [-0.15, -0.1) is 5.10 Å². The summed E-state index contributed by atoms with van der Waals surface area (Å²) in [6.45, 7) is 10.5. The van der Waals surface area contributed by atoms with Crippen molar-refractivity contribution >= 4 is 11.6 Å². The van der Waals surface area contributed by atoms with Gasteiger partial charge in [-0.25, -0.2) is 9.67 Å². The smallest absolute Gasteiger partial charge is 0.181 e. The molecule has 1 aromatic heterocycles. The molecular weight excluding hydrogens is 496 g/mol. The number of hydrogen-bond acceptors (Lipinski definition) is 5. The Morgan fingerprint density at radius 1 is 0.789 bits per heavy atom. The zero-order valence-electron chi connectivity index (χ0n) is 22.6. The van der Waals surface area contributed by atoms with Crippen LogP contribution >= 0.6 is 11.6 Å². The van der Waals surface area contributed by atoms with Gasteiger partial charge >= 0.3 is 0 Å². The molecule has 6 nitrogen and oxygen atoms in total. The fraction of sp³-hybridized carbons (Fsp3) is 0.355. The largest absolute Gasteiger partial charge is 0.494 e. The van der Waals surface area contributed by atoms with E-state index in [0.717, 1.165) is 79.6 Å². The quantitative estimate of drug-likeness (QED) is 0.155. The summed E-state index contributed by atoms with van der Waals surface area (Å²) in [5.74, 6) is 4.02. The van der Waals surface area contributed by atoms with E-state index >= 15 is 0 Å². The zero-order chi connectivity index (χ0) is 26.7. The lowest BCUT2D eigenvalue weighted by molar-refractivity contribution is 0.249. The molecule has 0 N–H and O–H groups in total. The molecule has 200 valence electrons. The van der Waals surface area contributed by atoms with E-state index in [-0.39, 0.29) is 0 Å². The van der Waals surface area contributed by atoms with Crippen LogP contribution < -0.4 is 9.47 Å². The average Bonchev–Trinajstić information content (AvgIpc) is 3.38. The van der Waals surface area contributed by atoms with Crippen LogP contribution in [0.1, 0.15) is 45.9 Å². The number of rotatable bonds is 14. The molecule has 38 heavy (non-hydrogen) atoms. The van der Waals surface area contributed by atoms with Crippen molar-refractivity contribution in [2.45, 2.75) is 46.5 Å². The van der Waals surface area contributed by atoms with Crippen molar-refractivity contribution < 1.29 is 9.47 Å². The summed E-state index contributed by atoms with van der Waals surface area (Å²) in [4.78, 5) is 7.31. The fourth-order valence-corrected chi connectivity index (χ4v) is 4.31. The number of hydrogen-bond donors (Lipinski definition) is 0. The summed E-state index contributed by atoms with van der Waals surface area (Å²) in [5, 5.41) is 5.56. The predicted octanol–water partition coefficient (Wildman–Crippen LogP) is 7.83. The van der Waals surface area contributed by atoms with Gasteiger partial charge < -0.3 is 14.4 Å². The minimum Gasteiger partial charge on any atom is -0.494 e. The van der Waals surface area contributed by atoms with Crippen LogP contribution in [-0.4, -0.2) is 45.9 Å². The Bertz CT molecular complexity index is 1250. The normalized spacial score (nSPS) is 11.2. The van der Waals surface area contributed by atoms with E-state index in [0.29, 0.717) is 17.5 Å². The highest BCUT2D eigenvalue weighted by Gasteiger charge is 2.14. The first kappa shape index (κ1) is 27.7. The minimum atomic E-state index is 0.683. The number of ether oxygens (including phenoxy) is 2. The third kappa shape index (κ3) is 7.59. The van der Waals surface area contributed by atoms with Gasteiger partial charge in [-0.05, 0) is 98.7 Å². The van der Waals surface area contributed by atoms with Crippen molar-refractivity contribution in [3.8, 4) is 34.3 Å². The van der Waals surface area contributed by atoms with Crippen LogP contribution in [0.3, 0.4) is 0 Å². The Kier molecular flexibility index (Phi) is 10.2. The first-order valence-electron chi connectivity index (χ1n) is 13.5. The standard InChI is InChI=1S/C31H37ClN4O2/c1-4-7-9-30-33-31(24-10-16-27(17-11-24)37-23-8-22-35(5-2)6-3)34-36(30)26-14-20-29(21-15-26)38-28-18-12-25(32)13-19-28/h10-21H,4-9,22-23H2,1-3H3. The van der Waals surface area contributed by atoms with E-state index in [2.05, 4.69) is 25.7 Å². The molecule has 0 bridgehead atoms. The van der Waals surface area contributed by atoms with Crippen molar-refractivity contribution in [2.24, 2.45) is 0 Å². The molecule has 7 heteroatoms. The van der Waals surface area contributed by atoms with Crippen LogP contribution in [-0.2, 0) is 6.42 Å². The van der Waals surface area contributed by atoms with E-state index in [9.17, 15) is 0 Å². The van der Waals surface area contributed by atoms with E-state index in [1.807, 2.05) is 77.5 Å². The maximum atomic E-state index is 5.97. The highest BCUT2D eigenvalue weighted by molar-refractivity contribution is 6.30. The molecule has 0 saturated carbocycles. The van der Waals surface area contributed by atoms with Crippen LogP contribution in [0.4, 0.5) is 0 Å². The molecular formula is C31H37ClN4O2.